The molecule has 1 aromatic rings. The van der Waals surface area contributed by atoms with Gasteiger partial charge in [0.2, 0.25) is 5.28 Å². The molecular formula is C10H15Cl2N5. The van der Waals surface area contributed by atoms with Gasteiger partial charge in [0.25, 0.3) is 0 Å². The molecule has 1 fully saturated rings. The molecule has 0 spiro atoms. The summed E-state index contributed by atoms with van der Waals surface area (Å²) in [4.78, 5) is 8.63. The largest absolute Gasteiger partial charge is 0.351 e. The Balaban J connectivity index is 2.20. The average molecular weight is 276 g/mol. The van der Waals surface area contributed by atoms with E-state index < -0.39 is 0 Å². The van der Waals surface area contributed by atoms with E-state index in [9.17, 15) is 0 Å². The highest BCUT2D eigenvalue weighted by Gasteiger charge is 2.25. The first-order chi connectivity index (χ1) is 8.11. The highest BCUT2D eigenvalue weighted by atomic mass is 35.5. The van der Waals surface area contributed by atoms with Gasteiger partial charge in [-0.25, -0.2) is 0 Å². The van der Waals surface area contributed by atoms with Crippen LogP contribution < -0.4 is 4.90 Å². The molecule has 0 radical (unpaired) electrons. The topological polar surface area (TPSA) is 45.2 Å². The van der Waals surface area contributed by atoms with Crippen LogP contribution in [0.5, 0.6) is 0 Å². The zero-order valence-corrected chi connectivity index (χ0v) is 11.4. The SMILES string of the molecule is CCC1CN(c2nc(Cl)nnc2Cl)CCN1C. The third-order valence-electron chi connectivity index (χ3n) is 3.15. The molecule has 17 heavy (non-hydrogen) atoms. The van der Waals surface area contributed by atoms with Crippen LogP contribution in [0.2, 0.25) is 10.4 Å². The quantitative estimate of drug-likeness (QED) is 0.822. The number of hydrogen-bond acceptors (Lipinski definition) is 5. The van der Waals surface area contributed by atoms with E-state index in [1.54, 1.807) is 0 Å². The van der Waals surface area contributed by atoms with Crippen LogP contribution in [0.1, 0.15) is 13.3 Å². The maximum atomic E-state index is 6.01. The first-order valence-corrected chi connectivity index (χ1v) is 6.38. The molecule has 1 aromatic heterocycles. The molecule has 2 rings (SSSR count). The number of likely N-dealkylation sites (N-methyl/N-ethyl adjacent to an activating group) is 1. The van der Waals surface area contributed by atoms with E-state index in [0.717, 1.165) is 26.1 Å². The Hall–Kier alpha value is -0.650. The lowest BCUT2D eigenvalue weighted by molar-refractivity contribution is 0.213. The molecule has 94 valence electrons. The molecule has 0 saturated carbocycles. The summed E-state index contributed by atoms with van der Waals surface area (Å²) in [5.41, 5.74) is 0. The summed E-state index contributed by atoms with van der Waals surface area (Å²) in [7, 11) is 2.14. The van der Waals surface area contributed by atoms with Crippen LogP contribution in [-0.2, 0) is 0 Å². The van der Waals surface area contributed by atoms with E-state index in [1.807, 2.05) is 0 Å². The van der Waals surface area contributed by atoms with Gasteiger partial charge in [-0.1, -0.05) is 18.5 Å². The molecule has 2 heterocycles. The van der Waals surface area contributed by atoms with E-state index in [-0.39, 0.29) is 5.28 Å². The van der Waals surface area contributed by atoms with Crippen molar-refractivity contribution in [2.75, 3.05) is 31.6 Å². The lowest BCUT2D eigenvalue weighted by Gasteiger charge is -2.39. The van der Waals surface area contributed by atoms with Gasteiger partial charge in [0.15, 0.2) is 11.0 Å². The van der Waals surface area contributed by atoms with Gasteiger partial charge in [-0.3, -0.25) is 4.90 Å². The molecule has 1 atom stereocenters. The van der Waals surface area contributed by atoms with Crippen LogP contribution in [0.25, 0.3) is 0 Å². The van der Waals surface area contributed by atoms with Crippen molar-refractivity contribution < 1.29 is 0 Å². The molecule has 1 saturated heterocycles. The van der Waals surface area contributed by atoms with Crippen molar-refractivity contribution in [3.05, 3.63) is 10.4 Å². The minimum atomic E-state index is 0.136. The number of rotatable bonds is 2. The average Bonchev–Trinajstić information content (AvgIpc) is 2.33. The molecule has 7 heteroatoms. The molecule has 1 aliphatic heterocycles. The highest BCUT2D eigenvalue weighted by molar-refractivity contribution is 6.32. The van der Waals surface area contributed by atoms with Crippen molar-refractivity contribution in [3.63, 3.8) is 0 Å². The van der Waals surface area contributed by atoms with E-state index in [4.69, 9.17) is 23.2 Å². The van der Waals surface area contributed by atoms with Gasteiger partial charge in [-0.2, -0.15) is 4.98 Å². The second kappa shape index (κ2) is 5.33. The Kier molecular flexibility index (Phi) is 4.01. The summed E-state index contributed by atoms with van der Waals surface area (Å²) in [6.45, 7) is 4.93. The van der Waals surface area contributed by atoms with Gasteiger partial charge in [-0.05, 0) is 25.1 Å². The van der Waals surface area contributed by atoms with Crippen molar-refractivity contribution in [2.24, 2.45) is 0 Å². The molecule has 0 bridgehead atoms. The Bertz CT molecular complexity index is 400. The Morgan fingerprint density at radius 3 is 2.76 bits per heavy atom. The van der Waals surface area contributed by atoms with Gasteiger partial charge < -0.3 is 4.90 Å². The van der Waals surface area contributed by atoms with E-state index >= 15 is 0 Å². The van der Waals surface area contributed by atoms with Crippen molar-refractivity contribution in [3.8, 4) is 0 Å². The number of nitrogens with zero attached hydrogens (tertiary/aromatic N) is 5. The molecule has 0 amide bonds. The molecule has 5 nitrogen and oxygen atoms in total. The molecule has 0 aliphatic carbocycles. The summed E-state index contributed by atoms with van der Waals surface area (Å²) in [5, 5.41) is 7.86. The van der Waals surface area contributed by atoms with Crippen molar-refractivity contribution in [2.45, 2.75) is 19.4 Å². The minimum Gasteiger partial charge on any atom is -0.351 e. The normalized spacial score (nSPS) is 21.9. The second-order valence-corrected chi connectivity index (χ2v) is 4.88. The second-order valence-electron chi connectivity index (χ2n) is 4.18. The molecule has 1 aliphatic rings. The number of anilines is 1. The zero-order chi connectivity index (χ0) is 12.4. The summed E-state index contributed by atoms with van der Waals surface area (Å²) in [6.07, 6.45) is 1.09. The lowest BCUT2D eigenvalue weighted by Crippen LogP contribution is -2.51. The summed E-state index contributed by atoms with van der Waals surface area (Å²) in [6, 6.07) is 0.508. The third-order valence-corrected chi connectivity index (χ3v) is 3.56. The number of aromatic nitrogens is 3. The van der Waals surface area contributed by atoms with Crippen molar-refractivity contribution >= 4 is 29.0 Å². The van der Waals surface area contributed by atoms with Gasteiger partial charge in [0, 0.05) is 25.7 Å². The highest BCUT2D eigenvalue weighted by Crippen LogP contribution is 2.24. The summed E-state index contributed by atoms with van der Waals surface area (Å²) < 4.78 is 0. The van der Waals surface area contributed by atoms with Crippen LogP contribution in [-0.4, -0.2) is 52.8 Å². The van der Waals surface area contributed by atoms with E-state index in [2.05, 4.69) is 39.0 Å². The van der Waals surface area contributed by atoms with Crippen LogP contribution in [0.3, 0.4) is 0 Å². The predicted molar refractivity (Wildman–Crippen MR) is 68.8 cm³/mol. The van der Waals surface area contributed by atoms with Gasteiger partial charge in [0.05, 0.1) is 0 Å². The maximum absolute atomic E-state index is 6.01. The smallest absolute Gasteiger partial charge is 0.245 e. The Labute approximate surface area is 111 Å². The molecular weight excluding hydrogens is 261 g/mol. The fourth-order valence-electron chi connectivity index (χ4n) is 2.07. The molecule has 1 unspecified atom stereocenters. The fraction of sp³-hybridized carbons (Fsp3) is 0.700. The fourth-order valence-corrected chi connectivity index (χ4v) is 2.38. The lowest BCUT2D eigenvalue weighted by atomic mass is 10.1. The maximum Gasteiger partial charge on any atom is 0.245 e. The van der Waals surface area contributed by atoms with Crippen LogP contribution in [0.15, 0.2) is 0 Å². The standard InChI is InChI=1S/C10H15Cl2N5/c1-3-7-6-17(5-4-16(7)2)9-8(11)14-15-10(12)13-9/h7H,3-6H2,1-2H3. The van der Waals surface area contributed by atoms with E-state index in [0.29, 0.717) is 17.0 Å². The third kappa shape index (κ3) is 2.78. The van der Waals surface area contributed by atoms with Crippen LogP contribution >= 0.6 is 23.2 Å². The summed E-state index contributed by atoms with van der Waals surface area (Å²) >= 11 is 11.8. The Morgan fingerprint density at radius 1 is 1.29 bits per heavy atom. The molecule has 0 aromatic carbocycles. The van der Waals surface area contributed by atoms with Crippen molar-refractivity contribution in [1.29, 1.82) is 0 Å². The van der Waals surface area contributed by atoms with Gasteiger partial charge in [-0.15, -0.1) is 10.2 Å². The monoisotopic (exact) mass is 275 g/mol. The van der Waals surface area contributed by atoms with Gasteiger partial charge >= 0.3 is 0 Å². The zero-order valence-electron chi connectivity index (χ0n) is 9.90. The predicted octanol–water partition coefficient (Wildman–Crippen LogP) is 1.71. The first-order valence-electron chi connectivity index (χ1n) is 5.62. The number of hydrogen-bond donors (Lipinski definition) is 0. The minimum absolute atomic E-state index is 0.136. The Morgan fingerprint density at radius 2 is 2.06 bits per heavy atom. The summed E-state index contributed by atoms with van der Waals surface area (Å²) in [5.74, 6) is 0.637. The number of halogens is 2. The first kappa shape index (κ1) is 12.8. The van der Waals surface area contributed by atoms with Crippen molar-refractivity contribution in [1.82, 2.24) is 20.1 Å². The van der Waals surface area contributed by atoms with Gasteiger partial charge in [0.1, 0.15) is 0 Å². The van der Waals surface area contributed by atoms with Crippen LogP contribution in [0, 0.1) is 0 Å². The number of piperazine rings is 1. The molecule has 0 N–H and O–H groups in total. The van der Waals surface area contributed by atoms with E-state index in [1.165, 1.54) is 0 Å². The van der Waals surface area contributed by atoms with Crippen LogP contribution in [0.4, 0.5) is 5.82 Å².